The predicted molar refractivity (Wildman–Crippen MR) is 112 cm³/mol. The van der Waals surface area contributed by atoms with E-state index in [1.807, 2.05) is 20.8 Å². The molecule has 1 aliphatic heterocycles. The first-order chi connectivity index (χ1) is 11.8. The van der Waals surface area contributed by atoms with Crippen LogP contribution in [0.25, 0.3) is 0 Å². The first-order valence-electron chi connectivity index (χ1n) is 9.33. The van der Waals surface area contributed by atoms with Crippen molar-refractivity contribution in [1.29, 1.82) is 0 Å². The van der Waals surface area contributed by atoms with E-state index in [4.69, 9.17) is 9.16 Å². The highest BCUT2D eigenvalue weighted by Gasteiger charge is 2.39. The van der Waals surface area contributed by atoms with Gasteiger partial charge in [0.25, 0.3) is 0 Å². The minimum atomic E-state index is -1.89. The number of fused-ring (bicyclic) bond motifs is 1. The van der Waals surface area contributed by atoms with Gasteiger partial charge in [0.15, 0.2) is 8.32 Å². The third-order valence-corrected chi connectivity index (χ3v) is 11.5. The SMILES string of the molecule is CC(C)(C)[S+]([O-])NC(CO[Si](C)(C)C(C)(C)C)c1cccc2c1COC2. The molecule has 1 aliphatic rings. The molecular formula is C20H35NO3SSi. The van der Waals surface area contributed by atoms with Crippen LogP contribution in [-0.4, -0.2) is 24.2 Å². The highest BCUT2D eigenvalue weighted by atomic mass is 32.2. The molecular weight excluding hydrogens is 362 g/mol. The van der Waals surface area contributed by atoms with Gasteiger partial charge in [0.05, 0.1) is 25.9 Å². The molecule has 2 atom stereocenters. The van der Waals surface area contributed by atoms with Gasteiger partial charge in [0.2, 0.25) is 0 Å². The first kappa shape index (κ1) is 21.9. The molecule has 0 spiro atoms. The molecule has 4 nitrogen and oxygen atoms in total. The summed E-state index contributed by atoms with van der Waals surface area (Å²) in [5.74, 6) is 0. The van der Waals surface area contributed by atoms with Crippen LogP contribution in [-0.2, 0) is 33.7 Å². The Kier molecular flexibility index (Phi) is 6.69. The lowest BCUT2D eigenvalue weighted by Crippen LogP contribution is -2.46. The minimum Gasteiger partial charge on any atom is -0.598 e. The van der Waals surface area contributed by atoms with Gasteiger partial charge >= 0.3 is 0 Å². The van der Waals surface area contributed by atoms with E-state index in [0.717, 1.165) is 5.56 Å². The van der Waals surface area contributed by atoms with E-state index >= 15 is 0 Å². The normalized spacial score (nSPS) is 17.9. The summed E-state index contributed by atoms with van der Waals surface area (Å²) in [6.07, 6.45) is 0. The summed E-state index contributed by atoms with van der Waals surface area (Å²) in [6, 6.07) is 6.17. The molecule has 1 aromatic rings. The molecule has 0 fully saturated rings. The zero-order chi connectivity index (χ0) is 19.8. The van der Waals surface area contributed by atoms with Crippen LogP contribution in [0.4, 0.5) is 0 Å². The van der Waals surface area contributed by atoms with Gasteiger partial charge in [0.1, 0.15) is 4.75 Å². The Balaban J connectivity index is 2.27. The molecule has 0 aromatic heterocycles. The molecule has 0 saturated heterocycles. The van der Waals surface area contributed by atoms with Crippen LogP contribution < -0.4 is 4.72 Å². The zero-order valence-electron chi connectivity index (χ0n) is 17.6. The maximum Gasteiger partial charge on any atom is 0.192 e. The van der Waals surface area contributed by atoms with Crippen molar-refractivity contribution >= 4 is 19.7 Å². The monoisotopic (exact) mass is 397 g/mol. The molecule has 148 valence electrons. The van der Waals surface area contributed by atoms with Gasteiger partial charge in [-0.2, -0.15) is 0 Å². The summed E-state index contributed by atoms with van der Waals surface area (Å²) in [6.45, 7) is 19.0. The van der Waals surface area contributed by atoms with Crippen molar-refractivity contribution in [3.8, 4) is 0 Å². The van der Waals surface area contributed by atoms with Crippen molar-refractivity contribution in [2.75, 3.05) is 6.61 Å². The van der Waals surface area contributed by atoms with E-state index in [1.165, 1.54) is 11.1 Å². The third kappa shape index (κ3) is 5.12. The quantitative estimate of drug-likeness (QED) is 0.552. The highest BCUT2D eigenvalue weighted by molar-refractivity contribution is 7.90. The molecule has 6 heteroatoms. The van der Waals surface area contributed by atoms with Crippen molar-refractivity contribution in [2.45, 2.75) is 83.7 Å². The molecule has 0 bridgehead atoms. The van der Waals surface area contributed by atoms with E-state index in [0.29, 0.717) is 19.8 Å². The number of hydrogen-bond acceptors (Lipinski definition) is 4. The molecule has 2 rings (SSSR count). The van der Waals surface area contributed by atoms with Gasteiger partial charge in [0, 0.05) is 11.4 Å². The van der Waals surface area contributed by atoms with Gasteiger partial charge in [-0.1, -0.05) is 39.0 Å². The van der Waals surface area contributed by atoms with E-state index in [-0.39, 0.29) is 15.8 Å². The van der Waals surface area contributed by atoms with Crippen molar-refractivity contribution in [1.82, 2.24) is 4.72 Å². The number of benzene rings is 1. The average molecular weight is 398 g/mol. The predicted octanol–water partition coefficient (Wildman–Crippen LogP) is 4.83. The molecule has 0 amide bonds. The summed E-state index contributed by atoms with van der Waals surface area (Å²) < 4.78 is 27.9. The van der Waals surface area contributed by atoms with Gasteiger partial charge in [-0.05, 0) is 55.6 Å². The zero-order valence-corrected chi connectivity index (χ0v) is 19.4. The Labute approximate surface area is 163 Å². The lowest BCUT2D eigenvalue weighted by Gasteiger charge is -2.38. The topological polar surface area (TPSA) is 53.5 Å². The summed E-state index contributed by atoms with van der Waals surface area (Å²) in [5, 5.41) is 0.141. The fourth-order valence-electron chi connectivity index (χ4n) is 2.56. The third-order valence-electron chi connectivity index (χ3n) is 5.41. The molecule has 0 aliphatic carbocycles. The molecule has 2 unspecified atom stereocenters. The number of hydrogen-bond donors (Lipinski definition) is 1. The average Bonchev–Trinajstić information content (AvgIpc) is 2.97. The molecule has 26 heavy (non-hydrogen) atoms. The van der Waals surface area contributed by atoms with Gasteiger partial charge in [-0.15, -0.1) is 4.72 Å². The second-order valence-corrected chi connectivity index (χ2v) is 16.4. The Morgan fingerprint density at radius 1 is 1.19 bits per heavy atom. The van der Waals surface area contributed by atoms with Gasteiger partial charge in [-0.3, -0.25) is 0 Å². The van der Waals surface area contributed by atoms with E-state index in [2.05, 4.69) is 56.8 Å². The van der Waals surface area contributed by atoms with E-state index < -0.39 is 19.7 Å². The van der Waals surface area contributed by atoms with Gasteiger partial charge in [-0.25, -0.2) is 0 Å². The Morgan fingerprint density at radius 2 is 1.85 bits per heavy atom. The van der Waals surface area contributed by atoms with Crippen LogP contribution in [0.15, 0.2) is 18.2 Å². The van der Waals surface area contributed by atoms with Crippen LogP contribution in [0.1, 0.15) is 64.3 Å². The largest absolute Gasteiger partial charge is 0.598 e. The van der Waals surface area contributed by atoms with Crippen LogP contribution in [0.3, 0.4) is 0 Å². The molecule has 1 N–H and O–H groups in total. The maximum absolute atomic E-state index is 12.8. The van der Waals surface area contributed by atoms with Crippen molar-refractivity contribution < 1.29 is 13.7 Å². The minimum absolute atomic E-state index is 0.110. The summed E-state index contributed by atoms with van der Waals surface area (Å²) >= 11 is -1.17. The van der Waals surface area contributed by atoms with Crippen LogP contribution in [0.2, 0.25) is 18.1 Å². The number of nitrogens with one attached hydrogen (secondary N) is 1. The van der Waals surface area contributed by atoms with Crippen molar-refractivity contribution in [3.05, 3.63) is 34.9 Å². The highest BCUT2D eigenvalue weighted by Crippen LogP contribution is 2.38. The van der Waals surface area contributed by atoms with E-state index in [9.17, 15) is 4.55 Å². The standard InChI is InChI=1S/C20H35NO3SSi/c1-19(2,3)25(22)21-18(14-24-26(7,8)20(4,5)6)16-11-9-10-15-12-23-13-17(15)16/h9-11,18,21H,12-14H2,1-8H3. The lowest BCUT2D eigenvalue weighted by molar-refractivity contribution is 0.134. The molecule has 0 saturated carbocycles. The Hall–Kier alpha value is -0.373. The maximum atomic E-state index is 12.8. The smallest absolute Gasteiger partial charge is 0.192 e. The first-order valence-corrected chi connectivity index (χ1v) is 13.4. The summed E-state index contributed by atoms with van der Waals surface area (Å²) in [5.41, 5.74) is 3.59. The van der Waals surface area contributed by atoms with Crippen molar-refractivity contribution in [3.63, 3.8) is 0 Å². The molecule has 0 radical (unpaired) electrons. The Bertz CT molecular complexity index is 622. The van der Waals surface area contributed by atoms with Crippen molar-refractivity contribution in [2.24, 2.45) is 0 Å². The molecule has 1 aromatic carbocycles. The molecule has 1 heterocycles. The van der Waals surface area contributed by atoms with Crippen LogP contribution in [0.5, 0.6) is 0 Å². The summed E-state index contributed by atoms with van der Waals surface area (Å²) in [4.78, 5) is 0. The summed E-state index contributed by atoms with van der Waals surface area (Å²) in [7, 11) is -1.89. The fraction of sp³-hybridized carbons (Fsp3) is 0.700. The lowest BCUT2D eigenvalue weighted by atomic mass is 9.98. The second-order valence-electron chi connectivity index (χ2n) is 9.60. The second kappa shape index (κ2) is 7.93. The van der Waals surface area contributed by atoms with Crippen LogP contribution >= 0.6 is 0 Å². The fourth-order valence-corrected chi connectivity index (χ4v) is 4.38. The number of rotatable bonds is 6. The Morgan fingerprint density at radius 3 is 2.42 bits per heavy atom. The number of ether oxygens (including phenoxy) is 1. The van der Waals surface area contributed by atoms with Gasteiger partial charge < -0.3 is 13.7 Å². The van der Waals surface area contributed by atoms with Crippen LogP contribution in [0, 0.1) is 0 Å². The van der Waals surface area contributed by atoms with E-state index in [1.54, 1.807) is 0 Å².